The highest BCUT2D eigenvalue weighted by molar-refractivity contribution is 6.46. The number of carbonyl (C=O) groups is 2. The second-order valence-electron chi connectivity index (χ2n) is 9.12. The number of nitrogens with one attached hydrogen (secondary N) is 1. The fourth-order valence-electron chi connectivity index (χ4n) is 4.17. The molecular formula is C29H30N2O3. The molecule has 3 aromatic rings. The fraction of sp³-hybridized carbons (Fsp3) is 0.241. The lowest BCUT2D eigenvalue weighted by atomic mass is 10.0. The minimum absolute atomic E-state index is 0.0429. The summed E-state index contributed by atoms with van der Waals surface area (Å²) in [6.07, 6.45) is 0.0429. The van der Waals surface area contributed by atoms with Crippen LogP contribution in [-0.4, -0.2) is 17.9 Å². The number of aryl methyl sites for hydroxylation is 4. The van der Waals surface area contributed by atoms with Crippen LogP contribution in [0.5, 0.6) is 5.75 Å². The van der Waals surface area contributed by atoms with Gasteiger partial charge in [-0.15, -0.1) is 0 Å². The zero-order chi connectivity index (χ0) is 24.6. The molecule has 34 heavy (non-hydrogen) atoms. The summed E-state index contributed by atoms with van der Waals surface area (Å²) in [5.41, 5.74) is 6.67. The molecule has 0 unspecified atom stereocenters. The lowest BCUT2D eigenvalue weighted by Crippen LogP contribution is -2.33. The van der Waals surface area contributed by atoms with E-state index in [0.29, 0.717) is 22.6 Å². The maximum absolute atomic E-state index is 13.7. The number of hydrogen-bond donors (Lipinski definition) is 1. The van der Waals surface area contributed by atoms with Crippen LogP contribution in [0.25, 0.3) is 5.57 Å². The summed E-state index contributed by atoms with van der Waals surface area (Å²) >= 11 is 0. The third kappa shape index (κ3) is 4.46. The molecule has 0 aromatic heterocycles. The first-order chi connectivity index (χ1) is 16.2. The number of hydrogen-bond acceptors (Lipinski definition) is 4. The van der Waals surface area contributed by atoms with Gasteiger partial charge < -0.3 is 10.1 Å². The van der Waals surface area contributed by atoms with E-state index in [4.69, 9.17) is 4.74 Å². The van der Waals surface area contributed by atoms with Crippen molar-refractivity contribution in [2.45, 2.75) is 47.6 Å². The quantitative estimate of drug-likeness (QED) is 0.457. The van der Waals surface area contributed by atoms with Gasteiger partial charge in [-0.3, -0.25) is 9.59 Å². The highest BCUT2D eigenvalue weighted by atomic mass is 16.5. The third-order valence-corrected chi connectivity index (χ3v) is 5.84. The Morgan fingerprint density at radius 3 is 2.06 bits per heavy atom. The number of imide groups is 1. The summed E-state index contributed by atoms with van der Waals surface area (Å²) in [4.78, 5) is 28.7. The SMILES string of the molecule is Cc1ccc(N2C(=O)C(Nc3cc(C)ccc3C)=C(c3ccc(OC(C)C)cc3)C2=O)c(C)c1. The summed E-state index contributed by atoms with van der Waals surface area (Å²) in [6.45, 7) is 11.8. The minimum atomic E-state index is -0.365. The van der Waals surface area contributed by atoms with E-state index in [1.54, 1.807) is 0 Å². The molecule has 2 amide bonds. The van der Waals surface area contributed by atoms with Gasteiger partial charge in [-0.2, -0.15) is 0 Å². The van der Waals surface area contributed by atoms with Gasteiger partial charge in [0.15, 0.2) is 0 Å². The molecule has 4 rings (SSSR count). The van der Waals surface area contributed by atoms with Gasteiger partial charge in [0.1, 0.15) is 11.4 Å². The van der Waals surface area contributed by atoms with E-state index < -0.39 is 0 Å². The second kappa shape index (κ2) is 9.18. The zero-order valence-electron chi connectivity index (χ0n) is 20.5. The van der Waals surface area contributed by atoms with E-state index in [1.165, 1.54) is 4.90 Å². The summed E-state index contributed by atoms with van der Waals surface area (Å²) in [6, 6.07) is 19.0. The predicted octanol–water partition coefficient (Wildman–Crippen LogP) is 6.10. The Hall–Kier alpha value is -3.86. The molecule has 174 valence electrons. The van der Waals surface area contributed by atoms with Crippen molar-refractivity contribution >= 4 is 28.8 Å². The van der Waals surface area contributed by atoms with Gasteiger partial charge in [-0.25, -0.2) is 4.90 Å². The van der Waals surface area contributed by atoms with Crippen molar-refractivity contribution in [1.82, 2.24) is 0 Å². The van der Waals surface area contributed by atoms with Gasteiger partial charge >= 0.3 is 0 Å². The number of nitrogens with zero attached hydrogens (tertiary/aromatic N) is 1. The first-order valence-corrected chi connectivity index (χ1v) is 11.5. The first kappa shape index (κ1) is 23.3. The molecule has 1 aliphatic rings. The molecule has 0 spiro atoms. The van der Waals surface area contributed by atoms with Crippen LogP contribution >= 0.6 is 0 Å². The Bertz CT molecular complexity index is 1300. The van der Waals surface area contributed by atoms with Crippen LogP contribution in [0.1, 0.15) is 41.7 Å². The molecule has 0 fully saturated rings. The third-order valence-electron chi connectivity index (χ3n) is 5.84. The van der Waals surface area contributed by atoms with Crippen LogP contribution in [0.3, 0.4) is 0 Å². The van der Waals surface area contributed by atoms with E-state index in [2.05, 4.69) is 5.32 Å². The second-order valence-corrected chi connectivity index (χ2v) is 9.12. The van der Waals surface area contributed by atoms with E-state index in [1.807, 2.05) is 102 Å². The normalized spacial score (nSPS) is 13.8. The zero-order valence-corrected chi connectivity index (χ0v) is 20.5. The smallest absolute Gasteiger partial charge is 0.282 e. The van der Waals surface area contributed by atoms with Crippen LogP contribution in [0.2, 0.25) is 0 Å². The predicted molar refractivity (Wildman–Crippen MR) is 137 cm³/mol. The molecule has 0 aliphatic carbocycles. The number of rotatable bonds is 6. The van der Waals surface area contributed by atoms with Crippen molar-refractivity contribution in [2.75, 3.05) is 10.2 Å². The number of ether oxygens (including phenoxy) is 1. The Labute approximate surface area is 201 Å². The molecule has 1 aliphatic heterocycles. The van der Waals surface area contributed by atoms with Gasteiger partial charge in [0, 0.05) is 5.69 Å². The Morgan fingerprint density at radius 2 is 1.41 bits per heavy atom. The van der Waals surface area contributed by atoms with E-state index in [9.17, 15) is 9.59 Å². The molecule has 1 N–H and O–H groups in total. The molecule has 0 bridgehead atoms. The number of amides is 2. The standard InChI is InChI=1S/C29H30N2O3/c1-17(2)34-23-12-10-22(11-13-23)26-27(30-24-16-19(4)7-9-20(24)5)29(33)31(28(26)32)25-14-8-18(3)15-21(25)6/h7-17,30H,1-6H3. The fourth-order valence-corrected chi connectivity index (χ4v) is 4.17. The topological polar surface area (TPSA) is 58.6 Å². The molecular weight excluding hydrogens is 424 g/mol. The van der Waals surface area contributed by atoms with Crippen molar-refractivity contribution in [2.24, 2.45) is 0 Å². The number of carbonyl (C=O) groups excluding carboxylic acids is 2. The van der Waals surface area contributed by atoms with E-state index in [-0.39, 0.29) is 23.6 Å². The maximum atomic E-state index is 13.7. The number of benzene rings is 3. The van der Waals surface area contributed by atoms with Crippen molar-refractivity contribution in [3.63, 3.8) is 0 Å². The van der Waals surface area contributed by atoms with Crippen molar-refractivity contribution in [3.8, 4) is 5.75 Å². The maximum Gasteiger partial charge on any atom is 0.282 e. The summed E-state index contributed by atoms with van der Waals surface area (Å²) in [5, 5.41) is 3.29. The summed E-state index contributed by atoms with van der Waals surface area (Å²) in [7, 11) is 0. The molecule has 0 saturated heterocycles. The average Bonchev–Trinajstić information content (AvgIpc) is 3.01. The highest BCUT2D eigenvalue weighted by Crippen LogP contribution is 2.36. The molecule has 0 saturated carbocycles. The Balaban J connectivity index is 1.82. The van der Waals surface area contributed by atoms with Crippen LogP contribution < -0.4 is 15.0 Å². The first-order valence-electron chi connectivity index (χ1n) is 11.5. The minimum Gasteiger partial charge on any atom is -0.491 e. The van der Waals surface area contributed by atoms with Crippen LogP contribution in [-0.2, 0) is 9.59 Å². The molecule has 3 aromatic carbocycles. The lowest BCUT2D eigenvalue weighted by molar-refractivity contribution is -0.120. The van der Waals surface area contributed by atoms with Crippen LogP contribution in [0, 0.1) is 27.7 Å². The summed E-state index contributed by atoms with van der Waals surface area (Å²) < 4.78 is 5.75. The Kier molecular flexibility index (Phi) is 6.29. The van der Waals surface area contributed by atoms with Crippen molar-refractivity contribution in [1.29, 1.82) is 0 Å². The monoisotopic (exact) mass is 454 g/mol. The van der Waals surface area contributed by atoms with Crippen molar-refractivity contribution in [3.05, 3.63) is 94.2 Å². The number of anilines is 2. The van der Waals surface area contributed by atoms with Crippen molar-refractivity contribution < 1.29 is 14.3 Å². The average molecular weight is 455 g/mol. The largest absolute Gasteiger partial charge is 0.491 e. The molecule has 5 heteroatoms. The van der Waals surface area contributed by atoms with Gasteiger partial charge in [-0.1, -0.05) is 42.0 Å². The van der Waals surface area contributed by atoms with E-state index in [0.717, 1.165) is 27.9 Å². The van der Waals surface area contributed by atoms with Gasteiger partial charge in [0.25, 0.3) is 11.8 Å². The molecule has 1 heterocycles. The van der Waals surface area contributed by atoms with Gasteiger partial charge in [0.05, 0.1) is 17.4 Å². The van der Waals surface area contributed by atoms with Crippen LogP contribution in [0.4, 0.5) is 11.4 Å². The molecule has 0 radical (unpaired) electrons. The van der Waals surface area contributed by atoms with E-state index >= 15 is 0 Å². The molecule has 0 atom stereocenters. The highest BCUT2D eigenvalue weighted by Gasteiger charge is 2.41. The van der Waals surface area contributed by atoms with Crippen LogP contribution in [0.15, 0.2) is 66.4 Å². The lowest BCUT2D eigenvalue weighted by Gasteiger charge is -2.18. The van der Waals surface area contributed by atoms with Gasteiger partial charge in [0.2, 0.25) is 0 Å². The van der Waals surface area contributed by atoms with Gasteiger partial charge in [-0.05, 0) is 88.1 Å². The molecule has 5 nitrogen and oxygen atoms in total. The summed E-state index contributed by atoms with van der Waals surface area (Å²) in [5.74, 6) is 0.00375. The Morgan fingerprint density at radius 1 is 0.765 bits per heavy atom.